The second kappa shape index (κ2) is 7.81. The van der Waals surface area contributed by atoms with Crippen LogP contribution in [-0.2, 0) is 11.3 Å². The molecule has 6 heteroatoms. The summed E-state index contributed by atoms with van der Waals surface area (Å²) in [7, 11) is 3.34. The van der Waals surface area contributed by atoms with Crippen molar-refractivity contribution in [3.63, 3.8) is 0 Å². The summed E-state index contributed by atoms with van der Waals surface area (Å²) in [5.41, 5.74) is 0.847. The summed E-state index contributed by atoms with van der Waals surface area (Å²) in [6.45, 7) is 0.911. The van der Waals surface area contributed by atoms with Crippen molar-refractivity contribution in [1.82, 2.24) is 5.32 Å². The third kappa shape index (κ3) is 4.63. The lowest BCUT2D eigenvalue weighted by Crippen LogP contribution is -2.23. The van der Waals surface area contributed by atoms with Crippen molar-refractivity contribution < 1.29 is 14.6 Å². The quantitative estimate of drug-likeness (QED) is 0.808. The fourth-order valence-electron chi connectivity index (χ4n) is 1.52. The van der Waals surface area contributed by atoms with E-state index in [2.05, 4.69) is 5.32 Å². The minimum atomic E-state index is -0.691. The summed E-state index contributed by atoms with van der Waals surface area (Å²) in [5.74, 6) is 0.533. The van der Waals surface area contributed by atoms with Crippen LogP contribution >= 0.6 is 23.2 Å². The summed E-state index contributed by atoms with van der Waals surface area (Å²) >= 11 is 12.0. The average molecular weight is 294 g/mol. The van der Waals surface area contributed by atoms with Crippen LogP contribution in [0.1, 0.15) is 5.56 Å². The second-order valence-corrected chi connectivity index (χ2v) is 4.67. The molecule has 4 nitrogen and oxygen atoms in total. The van der Waals surface area contributed by atoms with Gasteiger partial charge in [-0.2, -0.15) is 0 Å². The van der Waals surface area contributed by atoms with Crippen LogP contribution in [0, 0.1) is 0 Å². The van der Waals surface area contributed by atoms with Crippen molar-refractivity contribution in [3.05, 3.63) is 27.7 Å². The zero-order valence-electron chi connectivity index (χ0n) is 10.4. The maximum atomic E-state index is 9.54. The molecule has 0 spiro atoms. The lowest BCUT2D eigenvalue weighted by atomic mass is 10.2. The van der Waals surface area contributed by atoms with Gasteiger partial charge >= 0.3 is 0 Å². The smallest absolute Gasteiger partial charge is 0.142 e. The standard InChI is InChI=1S/C12H17Cl2NO3/c1-15-5-8-3-9(13)4-11(14)12(8)18-7-10(16)6-17-2/h3-4,10,15-16H,5-7H2,1-2H3. The molecule has 0 heterocycles. The number of hydrogen-bond donors (Lipinski definition) is 2. The van der Waals surface area contributed by atoms with E-state index in [1.54, 1.807) is 12.1 Å². The van der Waals surface area contributed by atoms with Gasteiger partial charge in [-0.3, -0.25) is 0 Å². The van der Waals surface area contributed by atoms with Gasteiger partial charge < -0.3 is 19.9 Å². The van der Waals surface area contributed by atoms with Crippen molar-refractivity contribution in [3.8, 4) is 5.75 Å². The van der Waals surface area contributed by atoms with Gasteiger partial charge in [-0.1, -0.05) is 23.2 Å². The molecule has 0 fully saturated rings. The van der Waals surface area contributed by atoms with Crippen molar-refractivity contribution >= 4 is 23.2 Å². The van der Waals surface area contributed by atoms with E-state index in [1.165, 1.54) is 7.11 Å². The monoisotopic (exact) mass is 293 g/mol. The Kier molecular flexibility index (Phi) is 6.75. The lowest BCUT2D eigenvalue weighted by Gasteiger charge is -2.16. The summed E-state index contributed by atoms with van der Waals surface area (Å²) < 4.78 is 10.4. The molecule has 2 N–H and O–H groups in total. The molecule has 1 rings (SSSR count). The number of methoxy groups -OCH3 is 1. The highest BCUT2D eigenvalue weighted by atomic mass is 35.5. The van der Waals surface area contributed by atoms with Crippen LogP contribution in [0.25, 0.3) is 0 Å². The largest absolute Gasteiger partial charge is 0.489 e. The van der Waals surface area contributed by atoms with Crippen LogP contribution in [0.5, 0.6) is 5.75 Å². The van der Waals surface area contributed by atoms with Gasteiger partial charge in [-0.25, -0.2) is 0 Å². The molecule has 1 atom stereocenters. The first-order valence-electron chi connectivity index (χ1n) is 5.50. The van der Waals surface area contributed by atoms with Crippen LogP contribution in [0.3, 0.4) is 0 Å². The van der Waals surface area contributed by atoms with Gasteiger partial charge in [0.15, 0.2) is 0 Å². The molecule has 0 aromatic heterocycles. The minimum Gasteiger partial charge on any atom is -0.489 e. The maximum absolute atomic E-state index is 9.54. The first-order chi connectivity index (χ1) is 8.58. The van der Waals surface area contributed by atoms with E-state index < -0.39 is 6.10 Å². The van der Waals surface area contributed by atoms with Gasteiger partial charge in [0.1, 0.15) is 18.5 Å². The van der Waals surface area contributed by atoms with E-state index in [0.717, 1.165) is 5.56 Å². The molecule has 1 aromatic rings. The molecule has 0 aliphatic rings. The third-order valence-corrected chi connectivity index (χ3v) is 2.73. The SMILES string of the molecule is CNCc1cc(Cl)cc(Cl)c1OCC(O)COC. The average Bonchev–Trinajstić information content (AvgIpc) is 2.28. The third-order valence-electron chi connectivity index (χ3n) is 2.23. The molecule has 1 aromatic carbocycles. The van der Waals surface area contributed by atoms with Crippen LogP contribution < -0.4 is 10.1 Å². The first-order valence-corrected chi connectivity index (χ1v) is 6.26. The molecule has 18 heavy (non-hydrogen) atoms. The Morgan fingerprint density at radius 2 is 2.06 bits per heavy atom. The Morgan fingerprint density at radius 1 is 1.33 bits per heavy atom. The fourth-order valence-corrected chi connectivity index (χ4v) is 2.11. The van der Waals surface area contributed by atoms with E-state index in [4.69, 9.17) is 32.7 Å². The second-order valence-electron chi connectivity index (χ2n) is 3.83. The molecule has 0 saturated heterocycles. The van der Waals surface area contributed by atoms with E-state index in [0.29, 0.717) is 22.3 Å². The Labute approximate surface area is 117 Å². The Balaban J connectivity index is 2.79. The highest BCUT2D eigenvalue weighted by Gasteiger charge is 2.12. The lowest BCUT2D eigenvalue weighted by molar-refractivity contribution is 0.0323. The molecule has 0 amide bonds. The maximum Gasteiger partial charge on any atom is 0.142 e. The summed E-state index contributed by atoms with van der Waals surface area (Å²) in [4.78, 5) is 0. The van der Waals surface area contributed by atoms with Gasteiger partial charge in [0.25, 0.3) is 0 Å². The summed E-state index contributed by atoms with van der Waals surface area (Å²) in [6, 6.07) is 3.39. The number of ether oxygens (including phenoxy) is 2. The van der Waals surface area contributed by atoms with Crippen LogP contribution in [0.4, 0.5) is 0 Å². The number of rotatable bonds is 7. The van der Waals surface area contributed by atoms with Crippen molar-refractivity contribution in [2.75, 3.05) is 27.4 Å². The summed E-state index contributed by atoms with van der Waals surface area (Å²) in [5, 5.41) is 13.5. The molecule has 0 saturated carbocycles. The highest BCUT2D eigenvalue weighted by molar-refractivity contribution is 6.35. The number of aliphatic hydroxyl groups excluding tert-OH is 1. The Bertz CT molecular complexity index is 388. The molecule has 0 aliphatic heterocycles. The van der Waals surface area contributed by atoms with Gasteiger partial charge in [0.05, 0.1) is 11.6 Å². The normalized spacial score (nSPS) is 12.5. The highest BCUT2D eigenvalue weighted by Crippen LogP contribution is 2.32. The summed E-state index contributed by atoms with van der Waals surface area (Å²) in [6.07, 6.45) is -0.691. The van der Waals surface area contributed by atoms with E-state index in [-0.39, 0.29) is 13.2 Å². The number of benzene rings is 1. The van der Waals surface area contributed by atoms with Gasteiger partial charge in [0, 0.05) is 24.2 Å². The van der Waals surface area contributed by atoms with E-state index in [9.17, 15) is 5.11 Å². The van der Waals surface area contributed by atoms with Crippen molar-refractivity contribution in [1.29, 1.82) is 0 Å². The zero-order chi connectivity index (χ0) is 13.5. The van der Waals surface area contributed by atoms with Crippen molar-refractivity contribution in [2.45, 2.75) is 12.6 Å². The molecule has 0 bridgehead atoms. The van der Waals surface area contributed by atoms with Gasteiger partial charge in [-0.05, 0) is 19.2 Å². The van der Waals surface area contributed by atoms with E-state index >= 15 is 0 Å². The molecule has 1 unspecified atom stereocenters. The molecule has 0 aliphatic carbocycles. The Morgan fingerprint density at radius 3 is 2.67 bits per heavy atom. The number of aliphatic hydroxyl groups is 1. The van der Waals surface area contributed by atoms with Crippen molar-refractivity contribution in [2.24, 2.45) is 0 Å². The predicted octanol–water partition coefficient (Wildman–Crippen LogP) is 2.10. The molecular weight excluding hydrogens is 277 g/mol. The van der Waals surface area contributed by atoms with Crippen LogP contribution in [-0.4, -0.2) is 38.6 Å². The number of hydrogen-bond acceptors (Lipinski definition) is 4. The van der Waals surface area contributed by atoms with E-state index in [1.807, 2.05) is 7.05 Å². The number of nitrogens with one attached hydrogen (secondary N) is 1. The predicted molar refractivity (Wildman–Crippen MR) is 72.6 cm³/mol. The topological polar surface area (TPSA) is 50.7 Å². The van der Waals surface area contributed by atoms with Gasteiger partial charge in [0.2, 0.25) is 0 Å². The van der Waals surface area contributed by atoms with Gasteiger partial charge in [-0.15, -0.1) is 0 Å². The zero-order valence-corrected chi connectivity index (χ0v) is 11.9. The molecule has 102 valence electrons. The number of halogens is 2. The molecular formula is C12H17Cl2NO3. The first kappa shape index (κ1) is 15.5. The Hall–Kier alpha value is -0.520. The molecule has 0 radical (unpaired) electrons. The van der Waals surface area contributed by atoms with Crippen LogP contribution in [0.15, 0.2) is 12.1 Å². The van der Waals surface area contributed by atoms with Crippen LogP contribution in [0.2, 0.25) is 10.0 Å². The minimum absolute atomic E-state index is 0.117. The fraction of sp³-hybridized carbons (Fsp3) is 0.500.